The number of amides is 1. The van der Waals surface area contributed by atoms with Crippen LogP contribution in [0.25, 0.3) is 0 Å². The topological polar surface area (TPSA) is 88.0 Å². The van der Waals surface area contributed by atoms with Gasteiger partial charge in [0, 0.05) is 37.5 Å². The highest BCUT2D eigenvalue weighted by Crippen LogP contribution is 2.18. The number of hydrogen-bond donors (Lipinski definition) is 2. The van der Waals surface area contributed by atoms with Crippen LogP contribution in [0.4, 0.5) is 30.6 Å². The van der Waals surface area contributed by atoms with E-state index in [1.54, 1.807) is 18.1 Å². The number of nitrogens with one attached hydrogen (secondary N) is 2. The Morgan fingerprint density at radius 3 is 2.66 bits per heavy atom. The predicted molar refractivity (Wildman–Crippen MR) is 118 cm³/mol. The maximum absolute atomic E-state index is 14.1. The molecule has 170 valence electrons. The lowest BCUT2D eigenvalue weighted by molar-refractivity contribution is -0.132. The van der Waals surface area contributed by atoms with Gasteiger partial charge in [0.2, 0.25) is 11.9 Å². The molecule has 1 amide bonds. The molecule has 8 nitrogen and oxygen atoms in total. The first-order valence-corrected chi connectivity index (χ1v) is 10.3. The van der Waals surface area contributed by atoms with Crippen molar-refractivity contribution in [1.29, 1.82) is 0 Å². The highest BCUT2D eigenvalue weighted by molar-refractivity contribution is 7.27. The van der Waals surface area contributed by atoms with Gasteiger partial charge in [-0.3, -0.25) is 9.48 Å². The number of benzene rings is 1. The molecule has 2 aromatic heterocycles. The van der Waals surface area contributed by atoms with Crippen LogP contribution in [-0.2, 0) is 17.9 Å². The monoisotopic (exact) mass is 465 g/mol. The van der Waals surface area contributed by atoms with Crippen LogP contribution in [0.2, 0.25) is 0 Å². The van der Waals surface area contributed by atoms with Gasteiger partial charge in [-0.15, -0.1) is 9.24 Å². The second-order valence-corrected chi connectivity index (χ2v) is 7.97. The number of carbonyl (C=O) groups excluding carboxylic acids is 1. The van der Waals surface area contributed by atoms with Crippen LogP contribution < -0.4 is 15.9 Å². The lowest BCUT2D eigenvalue weighted by Crippen LogP contribution is -2.35. The molecule has 0 aliphatic carbocycles. The smallest absolute Gasteiger partial charge is 0.244 e. The lowest BCUT2D eigenvalue weighted by Gasteiger charge is -2.21. The minimum atomic E-state index is -0.750. The van der Waals surface area contributed by atoms with E-state index in [4.69, 9.17) is 0 Å². The Kier molecular flexibility index (Phi) is 7.29. The quantitative estimate of drug-likeness (QED) is 0.498. The maximum Gasteiger partial charge on any atom is 0.244 e. The molecule has 0 saturated carbocycles. The first-order valence-electron chi connectivity index (χ1n) is 9.69. The van der Waals surface area contributed by atoms with Crippen molar-refractivity contribution in [3.63, 3.8) is 0 Å². The number of nitrogens with zero attached hydrogens (tertiary/aromatic N) is 5. The van der Waals surface area contributed by atoms with E-state index in [1.807, 2.05) is 13.8 Å². The summed E-state index contributed by atoms with van der Waals surface area (Å²) in [4.78, 5) is 21.7. The normalized spacial score (nSPS) is 11.0. The highest BCUT2D eigenvalue weighted by atomic mass is 31.0. The Bertz CT molecular complexity index is 1100. The van der Waals surface area contributed by atoms with Crippen LogP contribution in [-0.4, -0.2) is 43.6 Å². The summed E-state index contributed by atoms with van der Waals surface area (Å²) in [5.74, 6) is -2.36. The van der Waals surface area contributed by atoms with E-state index in [-0.39, 0.29) is 42.4 Å². The van der Waals surface area contributed by atoms with Gasteiger partial charge in [-0.2, -0.15) is 10.1 Å². The third-order valence-corrected chi connectivity index (χ3v) is 5.24. The van der Waals surface area contributed by atoms with Crippen LogP contribution in [0.15, 0.2) is 30.7 Å². The van der Waals surface area contributed by atoms with E-state index in [0.717, 1.165) is 18.3 Å². The van der Waals surface area contributed by atoms with Crippen LogP contribution >= 0.6 is 9.24 Å². The fourth-order valence-corrected chi connectivity index (χ4v) is 3.11. The molecule has 0 bridgehead atoms. The summed E-state index contributed by atoms with van der Waals surface area (Å²) >= 11 is 0. The summed E-state index contributed by atoms with van der Waals surface area (Å²) in [5, 5.41) is 10.0. The molecule has 2 heterocycles. The molecule has 0 fully saturated rings. The summed E-state index contributed by atoms with van der Waals surface area (Å²) in [5.41, 5.74) is 0.667. The van der Waals surface area contributed by atoms with Crippen molar-refractivity contribution >= 4 is 37.9 Å². The first-order chi connectivity index (χ1) is 15.1. The van der Waals surface area contributed by atoms with Crippen molar-refractivity contribution in [2.75, 3.05) is 17.7 Å². The zero-order valence-corrected chi connectivity index (χ0v) is 18.9. The van der Waals surface area contributed by atoms with Crippen LogP contribution in [0, 0.1) is 17.5 Å². The fourth-order valence-electron chi connectivity index (χ4n) is 2.72. The summed E-state index contributed by atoms with van der Waals surface area (Å²) in [6, 6.07) is 1.99. The molecule has 0 aliphatic rings. The Hall–Kier alpha value is -3.20. The summed E-state index contributed by atoms with van der Waals surface area (Å²) < 4.78 is 42.8. The minimum Gasteiger partial charge on any atom is -0.363 e. The van der Waals surface area contributed by atoms with Gasteiger partial charge < -0.3 is 15.5 Å². The van der Waals surface area contributed by atoms with E-state index in [9.17, 15) is 18.0 Å². The minimum absolute atomic E-state index is 0.0635. The number of anilines is 3. The number of carbonyl (C=O) groups is 1. The molecule has 0 aliphatic heterocycles. The summed E-state index contributed by atoms with van der Waals surface area (Å²) in [6.07, 6.45) is 4.04. The van der Waals surface area contributed by atoms with Gasteiger partial charge in [0.25, 0.3) is 0 Å². The fraction of sp³-hybridized carbons (Fsp3) is 0.300. The van der Waals surface area contributed by atoms with Crippen molar-refractivity contribution < 1.29 is 18.0 Å². The van der Waals surface area contributed by atoms with Crippen molar-refractivity contribution in [2.45, 2.75) is 33.0 Å². The van der Waals surface area contributed by atoms with Gasteiger partial charge in [-0.05, 0) is 25.2 Å². The molecule has 1 unspecified atom stereocenters. The third-order valence-electron chi connectivity index (χ3n) is 4.73. The largest absolute Gasteiger partial charge is 0.363 e. The zero-order chi connectivity index (χ0) is 23.4. The van der Waals surface area contributed by atoms with Gasteiger partial charge in [0.1, 0.15) is 18.2 Å². The SMILES string of the molecule is CC(C)N(C)C(=O)Cn1cc(Nc2ncc(F)c(NCc3c(F)cc(F)cc3P)n2)cn1. The zero-order valence-electron chi connectivity index (χ0n) is 17.7. The Morgan fingerprint density at radius 2 is 1.97 bits per heavy atom. The molecule has 1 atom stereocenters. The van der Waals surface area contributed by atoms with Gasteiger partial charge in [0.05, 0.1) is 18.1 Å². The average Bonchev–Trinajstić information content (AvgIpc) is 3.15. The van der Waals surface area contributed by atoms with Crippen LogP contribution in [0.1, 0.15) is 19.4 Å². The molecule has 3 rings (SSSR count). The number of rotatable bonds is 8. The highest BCUT2D eigenvalue weighted by Gasteiger charge is 2.14. The first kappa shape index (κ1) is 23.5. The Labute approximate surface area is 185 Å². The van der Waals surface area contributed by atoms with E-state index in [0.29, 0.717) is 11.0 Å². The second kappa shape index (κ2) is 9.95. The van der Waals surface area contributed by atoms with E-state index >= 15 is 0 Å². The second-order valence-electron chi connectivity index (χ2n) is 7.35. The van der Waals surface area contributed by atoms with E-state index in [2.05, 4.69) is 34.9 Å². The third kappa shape index (κ3) is 5.73. The molecule has 3 aromatic rings. The lowest BCUT2D eigenvalue weighted by atomic mass is 10.2. The summed E-state index contributed by atoms with van der Waals surface area (Å²) in [7, 11) is 3.96. The molecule has 0 saturated heterocycles. The number of hydrogen-bond acceptors (Lipinski definition) is 6. The molecule has 12 heteroatoms. The molecular formula is C20H23F3N7OP. The number of aromatic nitrogens is 4. The summed E-state index contributed by atoms with van der Waals surface area (Å²) in [6.45, 7) is 3.78. The average molecular weight is 465 g/mol. The van der Waals surface area contributed by atoms with E-state index < -0.39 is 17.5 Å². The van der Waals surface area contributed by atoms with Crippen molar-refractivity contribution in [1.82, 2.24) is 24.6 Å². The molecule has 0 radical (unpaired) electrons. The molecule has 1 aromatic carbocycles. The molecule has 32 heavy (non-hydrogen) atoms. The van der Waals surface area contributed by atoms with Crippen LogP contribution in [0.5, 0.6) is 0 Å². The van der Waals surface area contributed by atoms with Gasteiger partial charge in [0.15, 0.2) is 11.6 Å². The Morgan fingerprint density at radius 1 is 1.22 bits per heavy atom. The van der Waals surface area contributed by atoms with Gasteiger partial charge >= 0.3 is 0 Å². The van der Waals surface area contributed by atoms with Crippen molar-refractivity contribution in [3.8, 4) is 0 Å². The number of halogens is 3. The number of likely N-dealkylation sites (N-methyl/N-ethyl adjacent to an activating group) is 1. The van der Waals surface area contributed by atoms with Crippen molar-refractivity contribution in [3.05, 3.63) is 53.7 Å². The standard InChI is InChI=1S/C20H23F3N7OP/c1-11(2)29(3)18(31)10-30-9-13(6-26-30)27-20-25-8-16(23)19(28-20)24-7-14-15(22)4-12(21)5-17(14)32/h4-6,8-9,11H,7,10,32H2,1-3H3,(H2,24,25,27,28). The molecule has 0 spiro atoms. The van der Waals surface area contributed by atoms with Crippen molar-refractivity contribution in [2.24, 2.45) is 0 Å². The van der Waals surface area contributed by atoms with E-state index in [1.165, 1.54) is 10.9 Å². The maximum atomic E-state index is 14.1. The predicted octanol–water partition coefficient (Wildman–Crippen LogP) is 2.81. The van der Waals surface area contributed by atoms with Gasteiger partial charge in [-0.25, -0.2) is 18.2 Å². The Balaban J connectivity index is 1.68. The molecule has 2 N–H and O–H groups in total. The van der Waals surface area contributed by atoms with Crippen LogP contribution in [0.3, 0.4) is 0 Å². The van der Waals surface area contributed by atoms with Gasteiger partial charge in [-0.1, -0.05) is 0 Å². The molecular weight excluding hydrogens is 442 g/mol.